The van der Waals surface area contributed by atoms with Gasteiger partial charge in [0.25, 0.3) is 0 Å². The fraction of sp³-hybridized carbons (Fsp3) is 0.462. The van der Waals surface area contributed by atoms with Gasteiger partial charge in [0, 0.05) is 0 Å². The van der Waals surface area contributed by atoms with Crippen LogP contribution in [0, 0.1) is 0 Å². The van der Waals surface area contributed by atoms with E-state index in [0.717, 1.165) is 12.8 Å². The van der Waals surface area contributed by atoms with E-state index in [4.69, 9.17) is 12.2 Å². The van der Waals surface area contributed by atoms with Crippen molar-refractivity contribution in [2.24, 2.45) is 4.99 Å². The molecule has 0 amide bonds. The Kier molecular flexibility index (Phi) is 4.67. The molecule has 0 saturated heterocycles. The summed E-state index contributed by atoms with van der Waals surface area (Å²) in [4.78, 5) is 4.33. The Morgan fingerprint density at radius 1 is 1.33 bits per heavy atom. The monoisotopic (exact) mass is 219 g/mol. The summed E-state index contributed by atoms with van der Waals surface area (Å²) in [7, 11) is 0. The smallest absolute Gasteiger partial charge is 0.0931 e. The van der Waals surface area contributed by atoms with E-state index in [1.807, 2.05) is 18.2 Å². The second kappa shape index (κ2) is 5.79. The number of isothiocyanates is 1. The first-order valence-electron chi connectivity index (χ1n) is 5.37. The topological polar surface area (TPSA) is 12.4 Å². The van der Waals surface area contributed by atoms with Gasteiger partial charge in [0.15, 0.2) is 0 Å². The maximum absolute atomic E-state index is 4.73. The normalized spacial score (nSPS) is 14.0. The Labute approximate surface area is 97.2 Å². The zero-order valence-electron chi connectivity index (χ0n) is 9.36. The fourth-order valence-electron chi connectivity index (χ4n) is 1.68. The van der Waals surface area contributed by atoms with Gasteiger partial charge in [-0.1, -0.05) is 50.1 Å². The molecule has 1 rings (SSSR count). The van der Waals surface area contributed by atoms with Gasteiger partial charge in [0.05, 0.1) is 10.7 Å². The lowest BCUT2D eigenvalue weighted by Gasteiger charge is -2.24. The van der Waals surface area contributed by atoms with E-state index >= 15 is 0 Å². The number of thiocarbonyl (C=S) groups is 1. The highest BCUT2D eigenvalue weighted by atomic mass is 32.1. The first-order chi connectivity index (χ1) is 7.23. The van der Waals surface area contributed by atoms with Gasteiger partial charge < -0.3 is 0 Å². The van der Waals surface area contributed by atoms with E-state index < -0.39 is 0 Å². The maximum Gasteiger partial charge on any atom is 0.0931 e. The van der Waals surface area contributed by atoms with Crippen LogP contribution in [0.1, 0.15) is 38.7 Å². The van der Waals surface area contributed by atoms with Crippen LogP contribution in [0.2, 0.25) is 0 Å². The number of hydrogen-bond acceptors (Lipinski definition) is 2. The lowest BCUT2D eigenvalue weighted by atomic mass is 9.88. The Balaban J connectivity index is 2.95. The van der Waals surface area contributed by atoms with E-state index in [0.29, 0.717) is 0 Å². The number of nitrogens with zero attached hydrogens (tertiary/aromatic N) is 1. The summed E-state index contributed by atoms with van der Waals surface area (Å²) in [5.41, 5.74) is 1.02. The van der Waals surface area contributed by atoms with E-state index in [1.165, 1.54) is 12.0 Å². The molecule has 80 valence electrons. The Hall–Kier alpha value is -0.980. The third kappa shape index (κ3) is 3.26. The summed E-state index contributed by atoms with van der Waals surface area (Å²) in [6.45, 7) is 4.31. The third-order valence-corrected chi connectivity index (χ3v) is 2.80. The van der Waals surface area contributed by atoms with Gasteiger partial charge in [0.2, 0.25) is 0 Å². The van der Waals surface area contributed by atoms with Gasteiger partial charge in [-0.3, -0.25) is 0 Å². The van der Waals surface area contributed by atoms with Crippen molar-refractivity contribution in [1.29, 1.82) is 0 Å². The van der Waals surface area contributed by atoms with Crippen molar-refractivity contribution in [3.05, 3.63) is 35.9 Å². The SMILES string of the molecule is CCCCC(C)(N=C=S)c1ccccc1. The summed E-state index contributed by atoms with van der Waals surface area (Å²) >= 11 is 4.73. The van der Waals surface area contributed by atoms with E-state index in [9.17, 15) is 0 Å². The molecule has 1 unspecified atom stereocenters. The molecule has 0 N–H and O–H groups in total. The van der Waals surface area contributed by atoms with Crippen molar-refractivity contribution in [1.82, 2.24) is 0 Å². The second-order valence-corrected chi connectivity index (χ2v) is 4.13. The zero-order chi connectivity index (χ0) is 11.1. The molecule has 0 saturated carbocycles. The van der Waals surface area contributed by atoms with E-state index in [1.54, 1.807) is 0 Å². The first kappa shape index (κ1) is 12.1. The van der Waals surface area contributed by atoms with Gasteiger partial charge in [0.1, 0.15) is 0 Å². The molecule has 1 aromatic rings. The molecule has 0 spiro atoms. The number of rotatable bonds is 5. The molecule has 0 aliphatic rings. The molecule has 0 aliphatic carbocycles. The van der Waals surface area contributed by atoms with Crippen molar-refractivity contribution in [3.8, 4) is 0 Å². The second-order valence-electron chi connectivity index (χ2n) is 3.95. The molecule has 0 aromatic heterocycles. The largest absolute Gasteiger partial charge is 0.221 e. The number of unbranched alkanes of at least 4 members (excludes halogenated alkanes) is 1. The molecule has 1 nitrogen and oxygen atoms in total. The minimum absolute atomic E-state index is 0.195. The molecule has 0 heterocycles. The molecular formula is C13H17NS. The maximum atomic E-state index is 4.73. The Morgan fingerprint density at radius 3 is 2.53 bits per heavy atom. The number of hydrogen-bond donors (Lipinski definition) is 0. The van der Waals surface area contributed by atoms with Gasteiger partial charge in [-0.05, 0) is 31.1 Å². The quantitative estimate of drug-likeness (QED) is 0.534. The molecule has 0 aliphatic heterocycles. The molecule has 0 radical (unpaired) electrons. The van der Waals surface area contributed by atoms with Crippen molar-refractivity contribution < 1.29 is 0 Å². The lowest BCUT2D eigenvalue weighted by molar-refractivity contribution is 0.439. The highest BCUT2D eigenvalue weighted by molar-refractivity contribution is 7.78. The summed E-state index contributed by atoms with van der Waals surface area (Å²) < 4.78 is 0. The molecule has 1 atom stereocenters. The third-order valence-electron chi connectivity index (χ3n) is 2.71. The van der Waals surface area contributed by atoms with Crippen molar-refractivity contribution in [2.45, 2.75) is 38.6 Å². The first-order valence-corrected chi connectivity index (χ1v) is 5.78. The number of aliphatic imine (C=N–C) groups is 1. The molecule has 15 heavy (non-hydrogen) atoms. The van der Waals surface area contributed by atoms with Crippen LogP contribution in [0.3, 0.4) is 0 Å². The average molecular weight is 219 g/mol. The van der Waals surface area contributed by atoms with Crippen molar-refractivity contribution in [3.63, 3.8) is 0 Å². The summed E-state index contributed by atoms with van der Waals surface area (Å²) in [5.74, 6) is 0. The van der Waals surface area contributed by atoms with Gasteiger partial charge in [-0.2, -0.15) is 0 Å². The Morgan fingerprint density at radius 2 is 2.00 bits per heavy atom. The molecular weight excluding hydrogens is 202 g/mol. The van der Waals surface area contributed by atoms with E-state index in [-0.39, 0.29) is 5.54 Å². The highest BCUT2D eigenvalue weighted by Gasteiger charge is 2.24. The van der Waals surface area contributed by atoms with Crippen LogP contribution in [-0.2, 0) is 5.54 Å². The van der Waals surface area contributed by atoms with Gasteiger partial charge in [-0.15, -0.1) is 0 Å². The average Bonchev–Trinajstić information content (AvgIpc) is 2.28. The van der Waals surface area contributed by atoms with Crippen molar-refractivity contribution >= 4 is 17.4 Å². The molecule has 1 aromatic carbocycles. The summed E-state index contributed by atoms with van der Waals surface area (Å²) in [5, 5.41) is 2.52. The van der Waals surface area contributed by atoms with Crippen molar-refractivity contribution in [2.75, 3.05) is 0 Å². The standard InChI is InChI=1S/C13H17NS/c1-3-4-10-13(2,14-11-15)12-8-6-5-7-9-12/h5-9H,3-4,10H2,1-2H3. The lowest BCUT2D eigenvalue weighted by Crippen LogP contribution is -2.18. The minimum Gasteiger partial charge on any atom is -0.221 e. The van der Waals surface area contributed by atoms with Gasteiger partial charge in [-0.25, -0.2) is 4.99 Å². The zero-order valence-corrected chi connectivity index (χ0v) is 10.2. The summed E-state index contributed by atoms with van der Waals surface area (Å²) in [6.07, 6.45) is 3.36. The van der Waals surface area contributed by atoms with Crippen LogP contribution >= 0.6 is 12.2 Å². The fourth-order valence-corrected chi connectivity index (χ4v) is 1.89. The van der Waals surface area contributed by atoms with Gasteiger partial charge >= 0.3 is 0 Å². The highest BCUT2D eigenvalue weighted by Crippen LogP contribution is 2.30. The Bertz CT molecular complexity index is 341. The van der Waals surface area contributed by atoms with Crippen LogP contribution in [-0.4, -0.2) is 5.16 Å². The molecule has 0 bridgehead atoms. The minimum atomic E-state index is -0.195. The van der Waals surface area contributed by atoms with Crippen LogP contribution in [0.5, 0.6) is 0 Å². The van der Waals surface area contributed by atoms with Crippen LogP contribution < -0.4 is 0 Å². The van der Waals surface area contributed by atoms with Crippen LogP contribution in [0.15, 0.2) is 35.3 Å². The van der Waals surface area contributed by atoms with Crippen LogP contribution in [0.25, 0.3) is 0 Å². The predicted molar refractivity (Wildman–Crippen MR) is 68.3 cm³/mol. The summed E-state index contributed by atoms with van der Waals surface area (Å²) in [6, 6.07) is 10.3. The molecule has 0 fully saturated rings. The molecule has 2 heteroatoms. The predicted octanol–water partition coefficient (Wildman–Crippen LogP) is 4.19. The van der Waals surface area contributed by atoms with E-state index in [2.05, 4.69) is 36.1 Å². The number of benzene rings is 1. The van der Waals surface area contributed by atoms with Crippen LogP contribution in [0.4, 0.5) is 0 Å².